The maximum atomic E-state index is 6.23. The molecule has 1 N–H and O–H groups in total. The average molecular weight is 258 g/mol. The Labute approximate surface area is 110 Å². The number of halogens is 1. The third-order valence-corrected chi connectivity index (χ3v) is 3.76. The van der Waals surface area contributed by atoms with Crippen LogP contribution in [0.5, 0.6) is 0 Å². The fourth-order valence-electron chi connectivity index (χ4n) is 2.44. The Hall–Kier alpha value is -0.540. The van der Waals surface area contributed by atoms with E-state index >= 15 is 0 Å². The molecule has 3 nitrogen and oxygen atoms in total. The van der Waals surface area contributed by atoms with Crippen molar-refractivity contribution in [1.82, 2.24) is 15.1 Å². The smallest absolute Gasteiger partial charge is 0.0834 e. The summed E-state index contributed by atoms with van der Waals surface area (Å²) >= 11 is 6.23. The first-order valence-electron chi connectivity index (χ1n) is 6.50. The van der Waals surface area contributed by atoms with Crippen LogP contribution in [-0.2, 0) is 7.05 Å². The molecule has 17 heavy (non-hydrogen) atoms. The van der Waals surface area contributed by atoms with Crippen molar-refractivity contribution in [2.45, 2.75) is 45.6 Å². The van der Waals surface area contributed by atoms with Crippen LogP contribution >= 0.6 is 11.6 Å². The summed E-state index contributed by atoms with van der Waals surface area (Å²) in [6, 6.07) is 0.298. The third-order valence-electron chi connectivity index (χ3n) is 3.47. The normalized spacial score (nSPS) is 14.9. The van der Waals surface area contributed by atoms with Crippen LogP contribution in [0.1, 0.15) is 51.3 Å². The molecule has 0 aliphatic heterocycles. The van der Waals surface area contributed by atoms with Gasteiger partial charge in [-0.15, -0.1) is 0 Å². The molecule has 0 aliphatic carbocycles. The number of aromatic nitrogens is 2. The number of nitrogens with zero attached hydrogens (tertiary/aromatic N) is 2. The number of nitrogens with one attached hydrogen (secondary N) is 1. The average Bonchev–Trinajstić information content (AvgIpc) is 2.65. The van der Waals surface area contributed by atoms with Crippen molar-refractivity contribution < 1.29 is 0 Å². The third kappa shape index (κ3) is 3.46. The van der Waals surface area contributed by atoms with Gasteiger partial charge in [-0.25, -0.2) is 0 Å². The summed E-state index contributed by atoms with van der Waals surface area (Å²) in [5.74, 6) is 0.618. The Kier molecular flexibility index (Phi) is 6.00. The minimum absolute atomic E-state index is 0.298. The van der Waals surface area contributed by atoms with Crippen molar-refractivity contribution in [2.75, 3.05) is 7.05 Å². The van der Waals surface area contributed by atoms with Gasteiger partial charge in [0.25, 0.3) is 0 Å². The van der Waals surface area contributed by atoms with Crippen LogP contribution in [0.3, 0.4) is 0 Å². The van der Waals surface area contributed by atoms with E-state index in [-0.39, 0.29) is 0 Å². The van der Waals surface area contributed by atoms with Crippen molar-refractivity contribution in [3.63, 3.8) is 0 Å². The minimum atomic E-state index is 0.298. The maximum absolute atomic E-state index is 6.23. The summed E-state index contributed by atoms with van der Waals surface area (Å²) in [7, 11) is 3.96. The zero-order valence-electron chi connectivity index (χ0n) is 11.3. The predicted molar refractivity (Wildman–Crippen MR) is 73.3 cm³/mol. The fourth-order valence-corrected chi connectivity index (χ4v) is 2.72. The molecule has 0 saturated carbocycles. The van der Waals surface area contributed by atoms with E-state index < -0.39 is 0 Å². The van der Waals surface area contributed by atoms with Crippen LogP contribution in [-0.4, -0.2) is 16.8 Å². The van der Waals surface area contributed by atoms with Gasteiger partial charge in [0.1, 0.15) is 0 Å². The Morgan fingerprint density at radius 1 is 1.47 bits per heavy atom. The van der Waals surface area contributed by atoms with E-state index in [1.165, 1.54) is 19.3 Å². The maximum Gasteiger partial charge on any atom is 0.0834 e. The number of hydrogen-bond acceptors (Lipinski definition) is 2. The van der Waals surface area contributed by atoms with E-state index in [9.17, 15) is 0 Å². The summed E-state index contributed by atoms with van der Waals surface area (Å²) < 4.78 is 1.89. The zero-order valence-corrected chi connectivity index (χ0v) is 12.1. The van der Waals surface area contributed by atoms with E-state index in [1.807, 2.05) is 18.8 Å². The lowest BCUT2D eigenvalue weighted by Crippen LogP contribution is -2.27. The lowest BCUT2D eigenvalue weighted by atomic mass is 9.89. The van der Waals surface area contributed by atoms with Gasteiger partial charge in [-0.1, -0.05) is 44.7 Å². The predicted octanol–water partition coefficient (Wildman–Crippen LogP) is 3.55. The summed E-state index contributed by atoms with van der Waals surface area (Å²) in [5.41, 5.74) is 1.11. The van der Waals surface area contributed by atoms with Crippen LogP contribution < -0.4 is 5.32 Å². The molecule has 0 aliphatic rings. The Bertz CT molecular complexity index is 316. The quantitative estimate of drug-likeness (QED) is 0.810. The van der Waals surface area contributed by atoms with Crippen molar-refractivity contribution in [3.8, 4) is 0 Å². The summed E-state index contributed by atoms with van der Waals surface area (Å²) in [4.78, 5) is 0. The topological polar surface area (TPSA) is 29.9 Å². The number of rotatable bonds is 7. The van der Waals surface area contributed by atoms with E-state index in [2.05, 4.69) is 24.3 Å². The van der Waals surface area contributed by atoms with Gasteiger partial charge >= 0.3 is 0 Å². The van der Waals surface area contributed by atoms with Crippen molar-refractivity contribution >= 4 is 11.6 Å². The van der Waals surface area contributed by atoms with E-state index in [0.717, 1.165) is 17.1 Å². The molecule has 4 heteroatoms. The lowest BCUT2D eigenvalue weighted by Gasteiger charge is -2.26. The molecule has 1 aromatic rings. The zero-order chi connectivity index (χ0) is 12.8. The molecule has 0 spiro atoms. The SMILES string of the molecule is CCCCC(CC)C(NC)c1c(Cl)cnn1C. The van der Waals surface area contributed by atoms with Crippen LogP contribution in [0.4, 0.5) is 0 Å². The number of hydrogen-bond donors (Lipinski definition) is 1. The highest BCUT2D eigenvalue weighted by atomic mass is 35.5. The molecule has 0 radical (unpaired) electrons. The fraction of sp³-hybridized carbons (Fsp3) is 0.769. The molecule has 2 atom stereocenters. The van der Waals surface area contributed by atoms with Gasteiger partial charge in [0.15, 0.2) is 0 Å². The van der Waals surface area contributed by atoms with Crippen molar-refractivity contribution in [1.29, 1.82) is 0 Å². The van der Waals surface area contributed by atoms with Crippen LogP contribution in [0, 0.1) is 5.92 Å². The molecule has 0 aromatic carbocycles. The second-order valence-electron chi connectivity index (χ2n) is 4.58. The van der Waals surface area contributed by atoms with Gasteiger partial charge in [-0.2, -0.15) is 5.10 Å². The molecule has 1 heterocycles. The molecule has 0 fully saturated rings. The molecule has 0 bridgehead atoms. The van der Waals surface area contributed by atoms with Gasteiger partial charge in [-0.3, -0.25) is 4.68 Å². The van der Waals surface area contributed by atoms with Crippen LogP contribution in [0.25, 0.3) is 0 Å². The highest BCUT2D eigenvalue weighted by molar-refractivity contribution is 6.31. The second-order valence-corrected chi connectivity index (χ2v) is 4.99. The van der Waals surface area contributed by atoms with Gasteiger partial charge in [0.2, 0.25) is 0 Å². The lowest BCUT2D eigenvalue weighted by molar-refractivity contribution is 0.325. The molecule has 98 valence electrons. The monoisotopic (exact) mass is 257 g/mol. The first-order valence-corrected chi connectivity index (χ1v) is 6.88. The molecular formula is C13H24ClN3. The summed E-state index contributed by atoms with van der Waals surface area (Å²) in [6.07, 6.45) is 6.64. The standard InChI is InChI=1S/C13H24ClN3/c1-5-7-8-10(6-2)12(15-3)13-11(14)9-16-17(13)4/h9-10,12,15H,5-8H2,1-4H3. The second kappa shape index (κ2) is 7.02. The summed E-state index contributed by atoms with van der Waals surface area (Å²) in [6.45, 7) is 4.48. The van der Waals surface area contributed by atoms with Crippen LogP contribution in [0.2, 0.25) is 5.02 Å². The minimum Gasteiger partial charge on any atom is -0.311 e. The molecule has 0 saturated heterocycles. The van der Waals surface area contributed by atoms with E-state index in [4.69, 9.17) is 11.6 Å². The van der Waals surface area contributed by atoms with Crippen molar-refractivity contribution in [2.24, 2.45) is 13.0 Å². The number of aryl methyl sites for hydroxylation is 1. The van der Waals surface area contributed by atoms with Gasteiger partial charge < -0.3 is 5.32 Å². The molecular weight excluding hydrogens is 234 g/mol. The Morgan fingerprint density at radius 2 is 2.18 bits per heavy atom. The molecule has 1 aromatic heterocycles. The number of unbranched alkanes of at least 4 members (excludes halogenated alkanes) is 1. The van der Waals surface area contributed by atoms with Gasteiger partial charge in [-0.05, 0) is 19.4 Å². The van der Waals surface area contributed by atoms with Crippen molar-refractivity contribution in [3.05, 3.63) is 16.9 Å². The first-order chi connectivity index (χ1) is 8.15. The highest BCUT2D eigenvalue weighted by Gasteiger charge is 2.24. The van der Waals surface area contributed by atoms with Gasteiger partial charge in [0.05, 0.1) is 23.0 Å². The van der Waals surface area contributed by atoms with Crippen LogP contribution in [0.15, 0.2) is 6.20 Å². The molecule has 0 amide bonds. The Balaban J connectivity index is 2.88. The van der Waals surface area contributed by atoms with E-state index in [1.54, 1.807) is 6.20 Å². The summed E-state index contributed by atoms with van der Waals surface area (Å²) in [5, 5.41) is 8.39. The molecule has 1 rings (SSSR count). The van der Waals surface area contributed by atoms with Gasteiger partial charge in [0, 0.05) is 7.05 Å². The first kappa shape index (κ1) is 14.5. The highest BCUT2D eigenvalue weighted by Crippen LogP contribution is 2.32. The largest absolute Gasteiger partial charge is 0.311 e. The molecule has 2 unspecified atom stereocenters. The van der Waals surface area contributed by atoms with E-state index in [0.29, 0.717) is 12.0 Å². The Morgan fingerprint density at radius 3 is 2.59 bits per heavy atom.